The summed E-state index contributed by atoms with van der Waals surface area (Å²) in [5.74, 6) is 1.94. The first-order valence-corrected chi connectivity index (χ1v) is 20.4. The third kappa shape index (κ3) is 37.8. The summed E-state index contributed by atoms with van der Waals surface area (Å²) < 4.78 is 0. The van der Waals surface area contributed by atoms with Crippen LogP contribution >= 0.6 is 0 Å². The van der Waals surface area contributed by atoms with Crippen molar-refractivity contribution in [1.82, 2.24) is 0 Å². The van der Waals surface area contributed by atoms with E-state index in [1.54, 1.807) is 0 Å². The van der Waals surface area contributed by atoms with Gasteiger partial charge in [0.2, 0.25) is 0 Å². The Morgan fingerprint density at radius 1 is 0.370 bits per heavy atom. The van der Waals surface area contributed by atoms with Gasteiger partial charge in [0.1, 0.15) is 0 Å². The standard InChI is InChI=1S/C42H82O4/c1-6-8-10-26-32-40(3)34-28-22-18-14-12-16-20-24-30-36-43-45-38-42(5)39-46-44-37-31-25-21-17-13-15-19-23-29-35-41(4)33-27-11-9-7-2/h22-23,28-29,40-42H,6-21,24-27,30-39H2,1-5H3/b28-22-,29-23-. The van der Waals surface area contributed by atoms with Crippen LogP contribution in [0.15, 0.2) is 24.3 Å². The second-order valence-electron chi connectivity index (χ2n) is 14.5. The van der Waals surface area contributed by atoms with Crippen LogP contribution in [-0.4, -0.2) is 26.4 Å². The fourth-order valence-corrected chi connectivity index (χ4v) is 5.72. The van der Waals surface area contributed by atoms with Crippen LogP contribution in [0.1, 0.15) is 202 Å². The van der Waals surface area contributed by atoms with Gasteiger partial charge in [0.25, 0.3) is 0 Å². The van der Waals surface area contributed by atoms with E-state index in [0.29, 0.717) is 26.4 Å². The fraction of sp³-hybridized carbons (Fsp3) is 0.905. The van der Waals surface area contributed by atoms with E-state index in [1.165, 1.54) is 154 Å². The van der Waals surface area contributed by atoms with Crippen molar-refractivity contribution < 1.29 is 19.6 Å². The first-order valence-electron chi connectivity index (χ1n) is 20.4. The predicted molar refractivity (Wildman–Crippen MR) is 201 cm³/mol. The number of hydrogen-bond donors (Lipinski definition) is 0. The number of unbranched alkanes of at least 4 members (excludes halogenated alkanes) is 18. The molecule has 2 unspecified atom stereocenters. The molecule has 4 heteroatoms. The van der Waals surface area contributed by atoms with E-state index in [1.807, 2.05) is 0 Å². The molecule has 0 bridgehead atoms. The van der Waals surface area contributed by atoms with Crippen LogP contribution in [0.3, 0.4) is 0 Å². The zero-order valence-electron chi connectivity index (χ0n) is 31.9. The Hall–Kier alpha value is -0.680. The Morgan fingerprint density at radius 2 is 0.739 bits per heavy atom. The van der Waals surface area contributed by atoms with E-state index in [2.05, 4.69) is 58.9 Å². The van der Waals surface area contributed by atoms with Crippen molar-refractivity contribution >= 4 is 0 Å². The monoisotopic (exact) mass is 651 g/mol. The lowest BCUT2D eigenvalue weighted by atomic mass is 9.99. The first kappa shape index (κ1) is 45.3. The maximum atomic E-state index is 5.38. The third-order valence-electron chi connectivity index (χ3n) is 9.08. The van der Waals surface area contributed by atoms with Crippen LogP contribution in [0.25, 0.3) is 0 Å². The van der Waals surface area contributed by atoms with Crippen LogP contribution in [0, 0.1) is 17.8 Å². The molecular formula is C42H82O4. The maximum Gasteiger partial charge on any atom is 0.0871 e. The highest BCUT2D eigenvalue weighted by Crippen LogP contribution is 2.16. The van der Waals surface area contributed by atoms with Crippen molar-refractivity contribution in [2.45, 2.75) is 202 Å². The van der Waals surface area contributed by atoms with Gasteiger partial charge in [-0.2, -0.15) is 0 Å². The summed E-state index contributed by atoms with van der Waals surface area (Å²) in [6, 6.07) is 0. The molecular weight excluding hydrogens is 568 g/mol. The average molecular weight is 651 g/mol. The van der Waals surface area contributed by atoms with E-state index in [9.17, 15) is 0 Å². The molecule has 0 spiro atoms. The summed E-state index contributed by atoms with van der Waals surface area (Å²) >= 11 is 0. The Morgan fingerprint density at radius 3 is 1.15 bits per heavy atom. The molecule has 0 rings (SSSR count). The van der Waals surface area contributed by atoms with Crippen molar-refractivity contribution in [1.29, 1.82) is 0 Å². The van der Waals surface area contributed by atoms with Gasteiger partial charge < -0.3 is 0 Å². The Balaban J connectivity index is 3.29. The molecule has 0 aliphatic rings. The van der Waals surface area contributed by atoms with Crippen LogP contribution < -0.4 is 0 Å². The molecule has 0 saturated carbocycles. The summed E-state index contributed by atoms with van der Waals surface area (Å²) in [5.41, 5.74) is 0. The van der Waals surface area contributed by atoms with Crippen LogP contribution in [0.4, 0.5) is 0 Å². The van der Waals surface area contributed by atoms with Gasteiger partial charge in [-0.1, -0.05) is 174 Å². The molecule has 0 aliphatic heterocycles. The lowest BCUT2D eigenvalue weighted by Gasteiger charge is -2.11. The van der Waals surface area contributed by atoms with Crippen molar-refractivity contribution in [3.05, 3.63) is 24.3 Å². The van der Waals surface area contributed by atoms with Gasteiger partial charge in [-0.15, -0.1) is 0 Å². The molecule has 0 aromatic heterocycles. The predicted octanol–water partition coefficient (Wildman–Crippen LogP) is 14.1. The summed E-state index contributed by atoms with van der Waals surface area (Å²) in [5, 5.41) is 0. The third-order valence-corrected chi connectivity index (χ3v) is 9.08. The van der Waals surface area contributed by atoms with E-state index in [4.69, 9.17) is 19.6 Å². The average Bonchev–Trinajstić information content (AvgIpc) is 3.05. The van der Waals surface area contributed by atoms with Crippen molar-refractivity contribution in [2.75, 3.05) is 26.4 Å². The fourth-order valence-electron chi connectivity index (χ4n) is 5.72. The summed E-state index contributed by atoms with van der Waals surface area (Å²) in [7, 11) is 0. The molecule has 0 radical (unpaired) electrons. The SMILES string of the molecule is CCCCCCC(C)C/C=C\CCCCCCCCOOCC(C)COOCCCCCCCC/C=C\CC(C)CCCCCC. The maximum absolute atomic E-state index is 5.38. The van der Waals surface area contributed by atoms with Crippen molar-refractivity contribution in [3.8, 4) is 0 Å². The van der Waals surface area contributed by atoms with Gasteiger partial charge in [0.05, 0.1) is 26.4 Å². The minimum atomic E-state index is 0.256. The summed E-state index contributed by atoms with van der Waals surface area (Å²) in [4.78, 5) is 21.5. The second kappa shape index (κ2) is 38.8. The highest BCUT2D eigenvalue weighted by atomic mass is 17.2. The Bertz CT molecular complexity index is 567. The van der Waals surface area contributed by atoms with Crippen molar-refractivity contribution in [2.24, 2.45) is 17.8 Å². The van der Waals surface area contributed by atoms with Crippen LogP contribution in [0.5, 0.6) is 0 Å². The summed E-state index contributed by atoms with van der Waals surface area (Å²) in [6.07, 6.45) is 43.6. The minimum Gasteiger partial charge on any atom is -0.237 e. The first-order chi connectivity index (χ1) is 22.6. The molecule has 0 heterocycles. The zero-order chi connectivity index (χ0) is 33.6. The molecule has 0 saturated heterocycles. The molecule has 0 aromatic rings. The van der Waals surface area contributed by atoms with Crippen LogP contribution in [-0.2, 0) is 19.6 Å². The van der Waals surface area contributed by atoms with E-state index in [0.717, 1.165) is 24.7 Å². The molecule has 0 aromatic carbocycles. The number of hydrogen-bond acceptors (Lipinski definition) is 4. The molecule has 46 heavy (non-hydrogen) atoms. The molecule has 0 aliphatic carbocycles. The molecule has 0 N–H and O–H groups in total. The quantitative estimate of drug-likeness (QED) is 0.0288. The smallest absolute Gasteiger partial charge is 0.0871 e. The Labute approximate surface area is 289 Å². The molecule has 4 nitrogen and oxygen atoms in total. The molecule has 0 amide bonds. The Kier molecular flexibility index (Phi) is 38.2. The van der Waals surface area contributed by atoms with Gasteiger partial charge in [-0.3, -0.25) is 0 Å². The minimum absolute atomic E-state index is 0.256. The van der Waals surface area contributed by atoms with Gasteiger partial charge in [0.15, 0.2) is 0 Å². The van der Waals surface area contributed by atoms with Gasteiger partial charge in [-0.05, 0) is 63.2 Å². The molecule has 0 fully saturated rings. The number of rotatable bonds is 38. The normalized spacial score (nSPS) is 14.1. The number of allylic oxidation sites excluding steroid dienone is 4. The lowest BCUT2D eigenvalue weighted by molar-refractivity contribution is -0.325. The second-order valence-corrected chi connectivity index (χ2v) is 14.5. The van der Waals surface area contributed by atoms with E-state index >= 15 is 0 Å². The molecule has 274 valence electrons. The highest BCUT2D eigenvalue weighted by molar-refractivity contribution is 4.84. The highest BCUT2D eigenvalue weighted by Gasteiger charge is 2.05. The van der Waals surface area contributed by atoms with Crippen LogP contribution in [0.2, 0.25) is 0 Å². The molecule has 2 atom stereocenters. The van der Waals surface area contributed by atoms with Gasteiger partial charge in [0, 0.05) is 5.92 Å². The summed E-state index contributed by atoms with van der Waals surface area (Å²) in [6.45, 7) is 13.9. The van der Waals surface area contributed by atoms with Gasteiger partial charge in [-0.25, -0.2) is 19.6 Å². The van der Waals surface area contributed by atoms with E-state index < -0.39 is 0 Å². The van der Waals surface area contributed by atoms with Crippen molar-refractivity contribution in [3.63, 3.8) is 0 Å². The van der Waals surface area contributed by atoms with E-state index in [-0.39, 0.29) is 5.92 Å². The van der Waals surface area contributed by atoms with Gasteiger partial charge >= 0.3 is 0 Å². The largest absolute Gasteiger partial charge is 0.237 e. The topological polar surface area (TPSA) is 36.9 Å². The lowest BCUT2D eigenvalue weighted by Crippen LogP contribution is -2.14. The zero-order valence-corrected chi connectivity index (χ0v) is 31.9.